The molecule has 5 nitrogen and oxygen atoms in total. The third-order valence-electron chi connectivity index (χ3n) is 4.18. The Morgan fingerprint density at radius 3 is 1.78 bits per heavy atom. The first-order chi connectivity index (χ1) is 10.4. The fraction of sp³-hybridized carbons (Fsp3) is 0.941. The third-order valence-corrected chi connectivity index (χ3v) is 10.3. The molecule has 0 aliphatic carbocycles. The topological polar surface area (TPSA) is 67.8 Å². The van der Waals surface area contributed by atoms with Gasteiger partial charge in [-0.25, -0.2) is 4.79 Å². The van der Waals surface area contributed by atoms with Gasteiger partial charge in [-0.2, -0.15) is 0 Å². The van der Waals surface area contributed by atoms with Crippen LogP contribution in [0.15, 0.2) is 0 Å². The molecule has 0 aliphatic heterocycles. The van der Waals surface area contributed by atoms with Gasteiger partial charge in [-0.1, -0.05) is 41.5 Å². The van der Waals surface area contributed by atoms with Crippen LogP contribution in [-0.4, -0.2) is 44.4 Å². The number of carbonyl (C=O) groups excluding carboxylic acids is 1. The van der Waals surface area contributed by atoms with Crippen molar-refractivity contribution in [3.63, 3.8) is 0 Å². The van der Waals surface area contributed by atoms with Gasteiger partial charge in [0.05, 0.1) is 19.3 Å². The summed E-state index contributed by atoms with van der Waals surface area (Å²) in [6.45, 7) is 18.8. The molecule has 138 valence electrons. The molecule has 0 unspecified atom stereocenters. The molecule has 0 saturated carbocycles. The van der Waals surface area contributed by atoms with Crippen LogP contribution < -0.4 is 5.32 Å². The molecule has 0 radical (unpaired) electrons. The van der Waals surface area contributed by atoms with Crippen LogP contribution >= 0.6 is 0 Å². The zero-order valence-corrected chi connectivity index (χ0v) is 17.4. The van der Waals surface area contributed by atoms with E-state index in [-0.39, 0.29) is 6.61 Å². The number of aliphatic hydroxyl groups excluding tert-OH is 1. The van der Waals surface area contributed by atoms with E-state index in [1.54, 1.807) is 0 Å². The summed E-state index contributed by atoms with van der Waals surface area (Å²) < 4.78 is 11.6. The smallest absolute Gasteiger partial charge is 0.408 e. The molecule has 6 heteroatoms. The molecule has 0 rings (SSSR count). The molecule has 1 atom stereocenters. The molecule has 0 aromatic rings. The maximum absolute atomic E-state index is 11.9. The van der Waals surface area contributed by atoms with E-state index in [9.17, 15) is 9.90 Å². The van der Waals surface area contributed by atoms with Crippen molar-refractivity contribution in [2.75, 3.05) is 13.2 Å². The highest BCUT2D eigenvalue weighted by Crippen LogP contribution is 2.42. The number of nitrogens with one attached hydrogen (secondary N) is 1. The Bertz CT molecular complexity index is 342. The van der Waals surface area contributed by atoms with Crippen LogP contribution in [0.4, 0.5) is 4.79 Å². The summed E-state index contributed by atoms with van der Waals surface area (Å²) in [5.41, 5.74) is 0.826. The van der Waals surface area contributed by atoms with Crippen molar-refractivity contribution in [3.8, 4) is 0 Å². The first-order valence-electron chi connectivity index (χ1n) is 8.61. The van der Waals surface area contributed by atoms with E-state index in [1.165, 1.54) is 0 Å². The summed E-state index contributed by atoms with van der Waals surface area (Å²) in [7, 11) is -2.01. The highest BCUT2D eigenvalue weighted by molar-refractivity contribution is 6.77. The molecule has 23 heavy (non-hydrogen) atoms. The largest absolute Gasteiger partial charge is 0.444 e. The molecule has 2 N–H and O–H groups in total. The normalized spacial score (nSPS) is 14.5. The quantitative estimate of drug-likeness (QED) is 0.650. The van der Waals surface area contributed by atoms with Gasteiger partial charge in [0, 0.05) is 0 Å². The van der Waals surface area contributed by atoms with Gasteiger partial charge in [0.1, 0.15) is 5.60 Å². The van der Waals surface area contributed by atoms with Crippen LogP contribution in [0.5, 0.6) is 0 Å². The van der Waals surface area contributed by atoms with Gasteiger partial charge in [-0.15, -0.1) is 0 Å². The van der Waals surface area contributed by atoms with Gasteiger partial charge in [-0.3, -0.25) is 0 Å². The predicted octanol–water partition coefficient (Wildman–Crippen LogP) is 4.06. The maximum atomic E-state index is 11.9. The zero-order valence-electron chi connectivity index (χ0n) is 16.4. The molecule has 0 heterocycles. The SMILES string of the molecule is CC(C)[Si](OC[C@@H](CO)NC(=O)OC(C)(C)C)(C(C)C)C(C)C. The molecule has 0 fully saturated rings. The zero-order chi connectivity index (χ0) is 18.4. The number of amides is 1. The Hall–Kier alpha value is -0.593. The first kappa shape index (κ1) is 22.4. The Kier molecular flexibility index (Phi) is 8.80. The van der Waals surface area contributed by atoms with E-state index in [0.717, 1.165) is 0 Å². The molecule has 0 bridgehead atoms. The average Bonchev–Trinajstić information content (AvgIpc) is 2.34. The van der Waals surface area contributed by atoms with Gasteiger partial charge >= 0.3 is 6.09 Å². The lowest BCUT2D eigenvalue weighted by atomic mass is 10.2. The number of alkyl carbamates (subject to hydrolysis) is 1. The molecule has 1 amide bonds. The first-order valence-corrected chi connectivity index (χ1v) is 10.7. The van der Waals surface area contributed by atoms with Crippen LogP contribution in [0.25, 0.3) is 0 Å². The van der Waals surface area contributed by atoms with Gasteiger partial charge in [0.2, 0.25) is 0 Å². The molecule has 0 saturated heterocycles. The Balaban J connectivity index is 4.89. The molecule has 0 aromatic heterocycles. The lowest BCUT2D eigenvalue weighted by Gasteiger charge is -2.42. The lowest BCUT2D eigenvalue weighted by molar-refractivity contribution is 0.0453. The van der Waals surface area contributed by atoms with Gasteiger partial charge in [-0.05, 0) is 37.4 Å². The average molecular weight is 348 g/mol. The molecule has 0 aliphatic rings. The number of carbonyl (C=O) groups is 1. The summed E-state index contributed by atoms with van der Waals surface area (Å²) in [4.78, 5) is 11.9. The Labute approximate surface area is 143 Å². The Morgan fingerprint density at radius 1 is 1.04 bits per heavy atom. The standard InChI is InChI=1S/C17H37NO4Si/c1-12(2)23(13(3)4,14(5)6)21-11-15(10-19)18-16(20)22-17(7,8)9/h12-15,19H,10-11H2,1-9H3,(H,18,20)/t15-/m1/s1. The minimum atomic E-state index is -2.01. The van der Waals surface area contributed by atoms with E-state index >= 15 is 0 Å². The van der Waals surface area contributed by atoms with Crippen LogP contribution in [0.1, 0.15) is 62.3 Å². The van der Waals surface area contributed by atoms with Gasteiger partial charge in [0.25, 0.3) is 0 Å². The van der Waals surface area contributed by atoms with E-state index < -0.39 is 26.1 Å². The molecule has 0 spiro atoms. The van der Waals surface area contributed by atoms with Gasteiger partial charge in [0.15, 0.2) is 8.32 Å². The van der Waals surface area contributed by atoms with Crippen molar-refractivity contribution in [1.82, 2.24) is 5.32 Å². The number of aliphatic hydroxyl groups is 1. The van der Waals surface area contributed by atoms with Crippen molar-refractivity contribution in [3.05, 3.63) is 0 Å². The Morgan fingerprint density at radius 2 is 1.48 bits per heavy atom. The lowest BCUT2D eigenvalue weighted by Crippen LogP contribution is -2.52. The third kappa shape index (κ3) is 6.81. The number of hydrogen-bond donors (Lipinski definition) is 2. The highest BCUT2D eigenvalue weighted by Gasteiger charge is 2.45. The monoisotopic (exact) mass is 347 g/mol. The van der Waals surface area contributed by atoms with Crippen molar-refractivity contribution in [1.29, 1.82) is 0 Å². The highest BCUT2D eigenvalue weighted by atomic mass is 28.4. The van der Waals surface area contributed by atoms with Crippen molar-refractivity contribution >= 4 is 14.4 Å². The summed E-state index contributed by atoms with van der Waals surface area (Å²) in [6, 6.07) is -0.451. The molecular formula is C17H37NO4Si. The summed E-state index contributed by atoms with van der Waals surface area (Å²) >= 11 is 0. The van der Waals surface area contributed by atoms with Gasteiger partial charge < -0.3 is 19.6 Å². The van der Waals surface area contributed by atoms with E-state index in [4.69, 9.17) is 9.16 Å². The van der Waals surface area contributed by atoms with Crippen LogP contribution in [-0.2, 0) is 9.16 Å². The summed E-state index contributed by atoms with van der Waals surface area (Å²) in [5, 5.41) is 12.2. The summed E-state index contributed by atoms with van der Waals surface area (Å²) in [6.07, 6.45) is -0.522. The minimum Gasteiger partial charge on any atom is -0.444 e. The second-order valence-electron chi connectivity index (χ2n) is 8.15. The second kappa shape index (κ2) is 9.04. The fourth-order valence-corrected chi connectivity index (χ4v) is 8.85. The predicted molar refractivity (Wildman–Crippen MR) is 97.2 cm³/mol. The van der Waals surface area contributed by atoms with E-state index in [1.807, 2.05) is 20.8 Å². The van der Waals surface area contributed by atoms with Crippen LogP contribution in [0.2, 0.25) is 16.6 Å². The number of hydrogen-bond acceptors (Lipinski definition) is 4. The second-order valence-corrected chi connectivity index (χ2v) is 13.6. The van der Waals surface area contributed by atoms with Crippen molar-refractivity contribution in [2.24, 2.45) is 0 Å². The minimum absolute atomic E-state index is 0.169. The summed E-state index contributed by atoms with van der Waals surface area (Å²) in [5.74, 6) is 0. The fourth-order valence-electron chi connectivity index (χ4n) is 3.36. The van der Waals surface area contributed by atoms with Crippen LogP contribution in [0.3, 0.4) is 0 Å². The van der Waals surface area contributed by atoms with E-state index in [0.29, 0.717) is 23.2 Å². The van der Waals surface area contributed by atoms with Crippen molar-refractivity contribution in [2.45, 2.75) is 90.6 Å². The van der Waals surface area contributed by atoms with Crippen LogP contribution in [0, 0.1) is 0 Å². The van der Waals surface area contributed by atoms with Crippen molar-refractivity contribution < 1.29 is 19.1 Å². The van der Waals surface area contributed by atoms with E-state index in [2.05, 4.69) is 46.9 Å². The maximum Gasteiger partial charge on any atom is 0.408 e. The number of ether oxygens (including phenoxy) is 1. The molecule has 0 aromatic carbocycles. The number of rotatable bonds is 8. The molecular weight excluding hydrogens is 310 g/mol.